The van der Waals surface area contributed by atoms with Crippen molar-refractivity contribution in [1.29, 1.82) is 0 Å². The van der Waals surface area contributed by atoms with E-state index in [1.807, 2.05) is 18.2 Å². The summed E-state index contributed by atoms with van der Waals surface area (Å²) >= 11 is 0. The summed E-state index contributed by atoms with van der Waals surface area (Å²) in [6.45, 7) is 8.19. The summed E-state index contributed by atoms with van der Waals surface area (Å²) in [7, 11) is 3.75. The lowest BCUT2D eigenvalue weighted by atomic mass is 10.0. The Bertz CT molecular complexity index is 1280. The Morgan fingerprint density at radius 2 is 1.95 bits per heavy atom. The second-order valence-electron chi connectivity index (χ2n) is 9.10. The largest absolute Gasteiger partial charge is 0.494 e. The minimum Gasteiger partial charge on any atom is -0.494 e. The average molecular weight is 509 g/mol. The summed E-state index contributed by atoms with van der Waals surface area (Å²) < 4.78 is 34.1. The number of hydrogen-bond donors (Lipinski definition) is 1. The smallest absolute Gasteiger partial charge is 0.164 e. The van der Waals surface area contributed by atoms with Gasteiger partial charge in [0.1, 0.15) is 17.9 Å². The summed E-state index contributed by atoms with van der Waals surface area (Å²) in [6, 6.07) is 9.35. The van der Waals surface area contributed by atoms with Crippen LogP contribution in [0.2, 0.25) is 0 Å². The monoisotopic (exact) mass is 508 g/mol. The molecule has 0 spiro atoms. The number of piperazine rings is 1. The van der Waals surface area contributed by atoms with Crippen molar-refractivity contribution >= 4 is 29.1 Å². The van der Waals surface area contributed by atoms with Crippen molar-refractivity contribution in [3.05, 3.63) is 72.1 Å². The number of likely N-dealkylation sites (N-methyl/N-ethyl adjacent to an activating group) is 1. The molecule has 1 N–H and O–H groups in total. The second-order valence-corrected chi connectivity index (χ2v) is 9.10. The van der Waals surface area contributed by atoms with Crippen LogP contribution in [0.4, 0.5) is 31.8 Å². The van der Waals surface area contributed by atoms with Crippen molar-refractivity contribution in [3.8, 4) is 5.75 Å². The van der Waals surface area contributed by atoms with E-state index in [2.05, 4.69) is 38.7 Å². The average Bonchev–Trinajstić information content (AvgIpc) is 3.40. The number of aromatic nitrogens is 2. The number of anilines is 4. The summed E-state index contributed by atoms with van der Waals surface area (Å²) in [4.78, 5) is 19.1. The molecule has 37 heavy (non-hydrogen) atoms. The first kappa shape index (κ1) is 24.9. The molecule has 3 aromatic rings. The van der Waals surface area contributed by atoms with Crippen molar-refractivity contribution in [2.45, 2.75) is 12.5 Å². The van der Waals surface area contributed by atoms with Gasteiger partial charge in [0.2, 0.25) is 0 Å². The van der Waals surface area contributed by atoms with E-state index < -0.39 is 17.7 Å². The van der Waals surface area contributed by atoms with E-state index in [0.717, 1.165) is 49.2 Å². The van der Waals surface area contributed by atoms with Gasteiger partial charge >= 0.3 is 0 Å². The van der Waals surface area contributed by atoms with Crippen LogP contribution in [0.3, 0.4) is 0 Å². The topological polar surface area (TPSA) is 66.0 Å². The Kier molecular flexibility index (Phi) is 7.20. The van der Waals surface area contributed by atoms with Gasteiger partial charge in [-0.25, -0.2) is 23.8 Å². The van der Waals surface area contributed by atoms with E-state index in [1.54, 1.807) is 19.2 Å². The molecule has 5 rings (SSSR count). The Balaban J connectivity index is 1.41. The highest BCUT2D eigenvalue weighted by atomic mass is 19.2. The Hall–Kier alpha value is -3.76. The van der Waals surface area contributed by atoms with E-state index in [0.29, 0.717) is 30.4 Å². The summed E-state index contributed by atoms with van der Waals surface area (Å²) in [6.07, 6.45) is 3.73. The molecule has 1 aromatic heterocycles. The first-order valence-corrected chi connectivity index (χ1v) is 12.2. The molecule has 10 heteroatoms. The van der Waals surface area contributed by atoms with Gasteiger partial charge in [0.05, 0.1) is 25.4 Å². The van der Waals surface area contributed by atoms with Crippen LogP contribution in [0.25, 0.3) is 6.08 Å². The van der Waals surface area contributed by atoms with Crippen molar-refractivity contribution in [1.82, 2.24) is 14.9 Å². The molecule has 3 heterocycles. The summed E-state index contributed by atoms with van der Waals surface area (Å²) in [5.74, 6) is -0.172. The Labute approximate surface area is 215 Å². The highest BCUT2D eigenvalue weighted by molar-refractivity contribution is 5.78. The zero-order valence-corrected chi connectivity index (χ0v) is 21.0. The molecule has 0 bridgehead atoms. The number of ether oxygens (including phenoxy) is 1. The highest BCUT2D eigenvalue weighted by Gasteiger charge is 2.32. The zero-order valence-electron chi connectivity index (χ0n) is 21.0. The molecule has 2 aromatic carbocycles. The third kappa shape index (κ3) is 5.07. The lowest BCUT2D eigenvalue weighted by molar-refractivity contribution is 0.156. The summed E-state index contributed by atoms with van der Waals surface area (Å²) in [5.41, 5.74) is 2.99. The number of benzene rings is 2. The van der Waals surface area contributed by atoms with E-state index in [9.17, 15) is 8.78 Å². The number of methoxy groups -OCH3 is 1. The van der Waals surface area contributed by atoms with Crippen LogP contribution in [0.1, 0.15) is 23.6 Å². The number of hydrogen-bond acceptors (Lipinski definition) is 8. The number of nitrogens with zero attached hydrogens (tertiary/aromatic N) is 5. The number of hydroxylamine groups is 1. The molecule has 0 saturated carbocycles. The van der Waals surface area contributed by atoms with Gasteiger partial charge in [0, 0.05) is 56.0 Å². The van der Waals surface area contributed by atoms with E-state index in [-0.39, 0.29) is 5.56 Å². The predicted molar refractivity (Wildman–Crippen MR) is 140 cm³/mol. The van der Waals surface area contributed by atoms with Gasteiger partial charge in [-0.2, -0.15) is 0 Å². The van der Waals surface area contributed by atoms with E-state index in [4.69, 9.17) is 9.57 Å². The normalized spacial score (nSPS) is 18.2. The van der Waals surface area contributed by atoms with Gasteiger partial charge < -0.3 is 19.9 Å². The van der Waals surface area contributed by atoms with E-state index in [1.165, 1.54) is 17.5 Å². The third-order valence-electron chi connectivity index (χ3n) is 6.80. The molecule has 0 unspecified atom stereocenters. The van der Waals surface area contributed by atoms with E-state index >= 15 is 0 Å². The maximum absolute atomic E-state index is 14.5. The van der Waals surface area contributed by atoms with Crippen molar-refractivity contribution < 1.29 is 18.4 Å². The lowest BCUT2D eigenvalue weighted by Crippen LogP contribution is -2.44. The number of nitrogens with one attached hydrogen (secondary N) is 1. The molecule has 194 valence electrons. The molecule has 2 aliphatic heterocycles. The van der Waals surface area contributed by atoms with Crippen LogP contribution in [0, 0.1) is 11.6 Å². The maximum Gasteiger partial charge on any atom is 0.164 e. The van der Waals surface area contributed by atoms with Gasteiger partial charge in [-0.1, -0.05) is 24.8 Å². The maximum atomic E-state index is 14.5. The van der Waals surface area contributed by atoms with Crippen LogP contribution >= 0.6 is 0 Å². The molecule has 0 amide bonds. The molecular formula is C27H30F2N6O2. The first-order valence-electron chi connectivity index (χ1n) is 12.2. The van der Waals surface area contributed by atoms with Crippen molar-refractivity contribution in [3.63, 3.8) is 0 Å². The molecule has 2 fully saturated rings. The van der Waals surface area contributed by atoms with Crippen LogP contribution in [0.5, 0.6) is 5.75 Å². The SMILES string of the molecule is C=Cc1cc(Nc2cc(N3OCC[C@@H]3c3cccc(F)c3F)ncn2)c(OC)cc1N1CCN(C)CC1. The molecule has 2 saturated heterocycles. The minimum absolute atomic E-state index is 0.224. The van der Waals surface area contributed by atoms with Gasteiger partial charge in [0.25, 0.3) is 0 Å². The summed E-state index contributed by atoms with van der Waals surface area (Å²) in [5, 5.41) is 4.81. The molecule has 1 atom stereocenters. The highest BCUT2D eigenvalue weighted by Crippen LogP contribution is 2.38. The first-order chi connectivity index (χ1) is 18.0. The van der Waals surface area contributed by atoms with Gasteiger partial charge in [0.15, 0.2) is 17.5 Å². The van der Waals surface area contributed by atoms with Gasteiger partial charge in [-0.15, -0.1) is 0 Å². The minimum atomic E-state index is -0.889. The van der Waals surface area contributed by atoms with Crippen molar-refractivity contribution in [2.24, 2.45) is 0 Å². The van der Waals surface area contributed by atoms with Crippen LogP contribution < -0.4 is 20.0 Å². The third-order valence-corrected chi connectivity index (χ3v) is 6.80. The van der Waals surface area contributed by atoms with Crippen LogP contribution in [-0.4, -0.2) is 61.8 Å². The number of rotatable bonds is 7. The van der Waals surface area contributed by atoms with Gasteiger partial charge in [-0.3, -0.25) is 4.84 Å². The number of halogens is 2. The lowest BCUT2D eigenvalue weighted by Gasteiger charge is -2.35. The molecule has 2 aliphatic rings. The zero-order chi connectivity index (χ0) is 25.9. The van der Waals surface area contributed by atoms with Crippen molar-refractivity contribution in [2.75, 3.05) is 62.2 Å². The quantitative estimate of drug-likeness (QED) is 0.489. The van der Waals surface area contributed by atoms with Crippen LogP contribution in [0.15, 0.2) is 49.3 Å². The fraction of sp³-hybridized carbons (Fsp3) is 0.333. The fourth-order valence-corrected chi connectivity index (χ4v) is 4.77. The molecule has 0 radical (unpaired) electrons. The Morgan fingerprint density at radius 3 is 2.70 bits per heavy atom. The molecule has 0 aliphatic carbocycles. The molecule has 8 nitrogen and oxygen atoms in total. The second kappa shape index (κ2) is 10.7. The predicted octanol–water partition coefficient (Wildman–Crippen LogP) is 4.78. The van der Waals surface area contributed by atoms with Crippen LogP contribution in [-0.2, 0) is 4.84 Å². The van der Waals surface area contributed by atoms with Gasteiger partial charge in [-0.05, 0) is 24.7 Å². The molecular weight excluding hydrogens is 478 g/mol. The standard InChI is InChI=1S/C27H30F2N6O2/c1-4-18-14-21(24(36-3)15-23(18)34-11-9-33(2)10-12-34)32-25-16-26(31-17-30-25)35-22(8-13-37-35)19-6-5-7-20(28)27(19)29/h4-7,14-17,22H,1,8-13H2,2-3H3,(H,30,31,32)/t22-/m1/s1. The Morgan fingerprint density at radius 1 is 1.14 bits per heavy atom. The fourth-order valence-electron chi connectivity index (χ4n) is 4.77.